The highest BCUT2D eigenvalue weighted by atomic mass is 35.5. The summed E-state index contributed by atoms with van der Waals surface area (Å²) >= 11 is 5.96. The summed E-state index contributed by atoms with van der Waals surface area (Å²) in [7, 11) is -1.01. The van der Waals surface area contributed by atoms with E-state index in [0.29, 0.717) is 50.0 Å². The normalized spacial score (nSPS) is 11.5. The summed E-state index contributed by atoms with van der Waals surface area (Å²) in [5, 5.41) is 4.36. The second kappa shape index (κ2) is 23.0. The molecule has 0 atom stereocenters. The van der Waals surface area contributed by atoms with Gasteiger partial charge >= 0.3 is 12.4 Å². The van der Waals surface area contributed by atoms with E-state index >= 15 is 0 Å². The lowest BCUT2D eigenvalue weighted by Gasteiger charge is -2.17. The van der Waals surface area contributed by atoms with Crippen LogP contribution in [0.15, 0.2) is 83.1 Å². The van der Waals surface area contributed by atoms with E-state index in [-0.39, 0.29) is 62.4 Å². The van der Waals surface area contributed by atoms with Crippen molar-refractivity contribution in [1.82, 2.24) is 19.9 Å². The van der Waals surface area contributed by atoms with Crippen LogP contribution in [0.25, 0.3) is 21.8 Å². The third-order valence-corrected chi connectivity index (χ3v) is 12.4. The quantitative estimate of drug-likeness (QED) is 0.0592. The molecule has 16 nitrogen and oxygen atoms in total. The van der Waals surface area contributed by atoms with Crippen molar-refractivity contribution >= 4 is 82.7 Å². The molecule has 0 fully saturated rings. The lowest BCUT2D eigenvalue weighted by molar-refractivity contribution is -0.154. The second-order valence-corrected chi connectivity index (χ2v) is 17.8. The Bertz CT molecular complexity index is 2850. The largest absolute Gasteiger partial charge is 0.497 e. The first-order valence-corrected chi connectivity index (χ1v) is 22.2. The zero-order chi connectivity index (χ0) is 48.3. The average molecular weight is 1020 g/mol. The van der Waals surface area contributed by atoms with Crippen molar-refractivity contribution in [3.05, 3.63) is 78.5 Å². The molecule has 0 aliphatic carbocycles. The molecular weight excluding hydrogens is 973 g/mol. The predicted molar refractivity (Wildman–Crippen MR) is 237 cm³/mol. The molecule has 26 heteroatoms. The van der Waals surface area contributed by atoms with Gasteiger partial charge in [-0.1, -0.05) is 25.4 Å². The van der Waals surface area contributed by atoms with Crippen LogP contribution in [0.1, 0.15) is 13.8 Å². The number of nitrogen functional groups attached to an aromatic ring is 1. The fraction of sp³-hybridized carbons (Fsp3) is 0.300. The molecule has 0 saturated heterocycles. The summed E-state index contributed by atoms with van der Waals surface area (Å²) < 4.78 is 152. The number of rotatable bonds is 14. The van der Waals surface area contributed by atoms with Gasteiger partial charge in [0.2, 0.25) is 0 Å². The molecule has 66 heavy (non-hydrogen) atoms. The van der Waals surface area contributed by atoms with E-state index in [1.807, 2.05) is 0 Å². The van der Waals surface area contributed by atoms with Gasteiger partial charge in [-0.25, -0.2) is 36.8 Å². The minimum Gasteiger partial charge on any atom is -0.497 e. The number of sulfone groups is 2. The Morgan fingerprint density at radius 3 is 1.53 bits per heavy atom. The number of nitrogens with one attached hydrogen (secondary N) is 1. The van der Waals surface area contributed by atoms with Crippen LogP contribution < -0.4 is 39.5 Å². The monoisotopic (exact) mass is 1010 g/mol. The number of benzene rings is 4. The zero-order valence-corrected chi connectivity index (χ0v) is 38.8. The van der Waals surface area contributed by atoms with Gasteiger partial charge in [-0.05, 0) is 36.4 Å². The van der Waals surface area contributed by atoms with E-state index < -0.39 is 45.2 Å². The lowest BCUT2D eigenvalue weighted by atomic mass is 10.2. The van der Waals surface area contributed by atoms with Crippen LogP contribution >= 0.6 is 24.0 Å². The molecule has 0 unspecified atom stereocenters. The number of nitrogens with two attached hydrogens (primary N) is 1. The van der Waals surface area contributed by atoms with E-state index in [0.717, 1.165) is 12.1 Å². The molecule has 2 heterocycles. The van der Waals surface area contributed by atoms with Gasteiger partial charge in [-0.3, -0.25) is 0 Å². The molecule has 0 aliphatic heterocycles. The molecule has 2 aromatic heterocycles. The maximum atomic E-state index is 12.7. The predicted octanol–water partition coefficient (Wildman–Crippen LogP) is 8.85. The van der Waals surface area contributed by atoms with Gasteiger partial charge in [-0.15, -0.1) is 12.4 Å². The van der Waals surface area contributed by atoms with Crippen LogP contribution in [-0.4, -0.2) is 102 Å². The van der Waals surface area contributed by atoms with Gasteiger partial charge in [0.25, 0.3) is 0 Å². The van der Waals surface area contributed by atoms with Gasteiger partial charge in [0, 0.05) is 24.3 Å². The molecule has 360 valence electrons. The van der Waals surface area contributed by atoms with E-state index in [1.165, 1.54) is 65.0 Å². The van der Waals surface area contributed by atoms with Crippen LogP contribution in [0.2, 0.25) is 5.15 Å². The van der Waals surface area contributed by atoms with E-state index in [9.17, 15) is 43.2 Å². The number of hydrogen-bond donors (Lipinski definition) is 2. The number of aromatic nitrogens is 4. The first-order chi connectivity index (χ1) is 30.5. The van der Waals surface area contributed by atoms with Gasteiger partial charge in [0.1, 0.15) is 58.1 Å². The summed E-state index contributed by atoms with van der Waals surface area (Å²) in [6, 6.07) is 13.7. The molecule has 4 aromatic carbocycles. The average Bonchev–Trinajstić information content (AvgIpc) is 3.27. The highest BCUT2D eigenvalue weighted by Crippen LogP contribution is 2.38. The summed E-state index contributed by atoms with van der Waals surface area (Å²) in [4.78, 5) is 16.2. The van der Waals surface area contributed by atoms with E-state index in [1.54, 1.807) is 38.5 Å². The van der Waals surface area contributed by atoms with Crippen LogP contribution in [0.4, 0.5) is 43.5 Å². The number of alkyl halides is 6. The van der Waals surface area contributed by atoms with Crippen LogP contribution in [-0.2, 0) is 19.7 Å². The van der Waals surface area contributed by atoms with Crippen molar-refractivity contribution in [3.8, 4) is 34.5 Å². The molecule has 6 aromatic rings. The van der Waals surface area contributed by atoms with Crippen molar-refractivity contribution in [3.63, 3.8) is 0 Å². The van der Waals surface area contributed by atoms with Crippen molar-refractivity contribution < 1.29 is 71.6 Å². The molecule has 0 amide bonds. The number of nitrogens with zero attached hydrogens (tertiary/aromatic N) is 4. The smallest absolute Gasteiger partial charge is 0.422 e. The minimum atomic E-state index is -4.58. The van der Waals surface area contributed by atoms with Crippen molar-refractivity contribution in [2.24, 2.45) is 0 Å². The Balaban J connectivity index is 0.000000287. The third-order valence-electron chi connectivity index (χ3n) is 8.66. The Morgan fingerprint density at radius 1 is 0.606 bits per heavy atom. The third kappa shape index (κ3) is 14.5. The number of halogens is 8. The van der Waals surface area contributed by atoms with Gasteiger partial charge < -0.3 is 39.5 Å². The van der Waals surface area contributed by atoms with Gasteiger partial charge in [0.15, 0.2) is 32.9 Å². The van der Waals surface area contributed by atoms with Crippen molar-refractivity contribution in [2.45, 2.75) is 36.0 Å². The number of fused-ring (bicyclic) bond motifs is 2. The van der Waals surface area contributed by atoms with Crippen molar-refractivity contribution in [1.29, 1.82) is 0 Å². The Labute approximate surface area is 386 Å². The van der Waals surface area contributed by atoms with Crippen molar-refractivity contribution in [2.75, 3.05) is 64.2 Å². The molecule has 0 saturated carbocycles. The van der Waals surface area contributed by atoms with Crippen LogP contribution in [0.3, 0.4) is 0 Å². The maximum absolute atomic E-state index is 12.7. The summed E-state index contributed by atoms with van der Waals surface area (Å²) in [5.41, 5.74) is 6.43. The Hall–Kier alpha value is -5.98. The van der Waals surface area contributed by atoms with Gasteiger partial charge in [0.05, 0.1) is 82.9 Å². The zero-order valence-electron chi connectivity index (χ0n) is 35.6. The molecule has 0 bridgehead atoms. The number of anilines is 3. The molecule has 3 N–H and O–H groups in total. The van der Waals surface area contributed by atoms with E-state index in [4.69, 9.17) is 41.0 Å². The SMILES string of the molecule is CCS(=O)(=O)c1ccc(OCC(F)(F)F)c(N)c1.CCS(=O)(=O)c1ccc(OCC(F)(F)F)c(Nc2ncnc3cc(OC)cc(OC)c23)c1.COc1cc(OC)c2c(Cl)ncnc2c1.Cl. The topological polar surface area (TPSA) is 213 Å². The van der Waals surface area contributed by atoms with E-state index in [2.05, 4.69) is 30.0 Å². The fourth-order valence-electron chi connectivity index (χ4n) is 5.43. The Morgan fingerprint density at radius 2 is 1.06 bits per heavy atom. The standard InChI is InChI=1S/C20H20F3N3O5S.C10H9ClN2O2.C10H12F3NO3S.ClH/c1-4-32(27,28)13-5-6-16(31-10-20(21,22)23)14(9-13)26-19-18-15(24-11-25-19)7-12(29-2)8-17(18)30-3;1-14-6-3-7-9(8(4-6)15-2)10(11)13-5-12-7;1-2-18(15,16)7-3-4-9(8(14)5-7)17-6-10(11,12)13;/h5-9,11H,4,10H2,1-3H3,(H,24,25,26);3-5H,1-2H3;3-5H,2,6,14H2,1H3;1H. The maximum Gasteiger partial charge on any atom is 0.422 e. The highest BCUT2D eigenvalue weighted by molar-refractivity contribution is 7.91. The summed E-state index contributed by atoms with van der Waals surface area (Å²) in [5.74, 6) is 1.59. The number of ether oxygens (including phenoxy) is 6. The molecule has 0 aliphatic rings. The van der Waals surface area contributed by atoms with Crippen LogP contribution in [0.5, 0.6) is 34.5 Å². The summed E-state index contributed by atoms with van der Waals surface area (Å²) in [6.45, 7) is -0.101. The molecule has 0 radical (unpaired) electrons. The first-order valence-electron chi connectivity index (χ1n) is 18.5. The number of hydrogen-bond acceptors (Lipinski definition) is 16. The molecule has 0 spiro atoms. The first kappa shape index (κ1) is 54.4. The fourth-order valence-corrected chi connectivity index (χ4v) is 7.49. The molecular formula is C40H42Cl2F6N6O10S2. The highest BCUT2D eigenvalue weighted by Gasteiger charge is 2.30. The number of methoxy groups -OCH3 is 4. The second-order valence-electron chi connectivity index (χ2n) is 12.9. The minimum absolute atomic E-state index is 0. The summed E-state index contributed by atoms with van der Waals surface area (Å²) in [6.07, 6.45) is -6.40. The Kier molecular flexibility index (Phi) is 18.9. The molecule has 6 rings (SSSR count). The van der Waals surface area contributed by atoms with Crippen LogP contribution in [0, 0.1) is 0 Å². The lowest BCUT2D eigenvalue weighted by Crippen LogP contribution is -2.19. The van der Waals surface area contributed by atoms with Gasteiger partial charge in [-0.2, -0.15) is 26.3 Å².